The zero-order valence-corrected chi connectivity index (χ0v) is 11.9. The highest BCUT2D eigenvalue weighted by Gasteiger charge is 2.31. The van der Waals surface area contributed by atoms with E-state index in [2.05, 4.69) is 5.32 Å². The number of benzene rings is 1. The standard InChI is InChI=1S/C15H17F3N2O2/c16-15(17,18)11-6-5-7-12(10-11)19-13(21)14(22)20-8-3-1-2-4-9-20/h5-7,10H,1-4,8-9H2,(H,19,21). The molecule has 1 aromatic rings. The lowest BCUT2D eigenvalue weighted by molar-refractivity contribution is -0.143. The van der Waals surface area contributed by atoms with E-state index in [1.165, 1.54) is 17.0 Å². The molecule has 22 heavy (non-hydrogen) atoms. The maximum absolute atomic E-state index is 12.6. The third kappa shape index (κ3) is 4.22. The number of rotatable bonds is 1. The molecular weight excluding hydrogens is 297 g/mol. The van der Waals surface area contributed by atoms with Crippen molar-refractivity contribution in [3.8, 4) is 0 Å². The van der Waals surface area contributed by atoms with Crippen molar-refractivity contribution < 1.29 is 22.8 Å². The van der Waals surface area contributed by atoms with Crippen LogP contribution in [0.25, 0.3) is 0 Å². The Bertz CT molecular complexity index is 550. The third-order valence-electron chi connectivity index (χ3n) is 3.54. The van der Waals surface area contributed by atoms with Crippen LogP contribution in [-0.2, 0) is 15.8 Å². The largest absolute Gasteiger partial charge is 0.416 e. The molecule has 7 heteroatoms. The zero-order valence-electron chi connectivity index (χ0n) is 11.9. The maximum atomic E-state index is 12.6. The van der Waals surface area contributed by atoms with Gasteiger partial charge in [-0.05, 0) is 31.0 Å². The second kappa shape index (κ2) is 6.81. The van der Waals surface area contributed by atoms with Crippen molar-refractivity contribution in [1.82, 2.24) is 4.90 Å². The molecule has 1 aliphatic rings. The molecule has 2 rings (SSSR count). The molecule has 2 amide bonds. The number of anilines is 1. The summed E-state index contributed by atoms with van der Waals surface area (Å²) in [4.78, 5) is 25.4. The number of carbonyl (C=O) groups excluding carboxylic acids is 2. The summed E-state index contributed by atoms with van der Waals surface area (Å²) in [5.74, 6) is -1.60. The number of likely N-dealkylation sites (tertiary alicyclic amines) is 1. The lowest BCUT2D eigenvalue weighted by Crippen LogP contribution is -2.40. The Morgan fingerprint density at radius 2 is 1.68 bits per heavy atom. The Morgan fingerprint density at radius 1 is 1.05 bits per heavy atom. The monoisotopic (exact) mass is 314 g/mol. The normalized spacial score (nSPS) is 16.0. The van der Waals surface area contributed by atoms with Crippen molar-refractivity contribution in [2.45, 2.75) is 31.9 Å². The van der Waals surface area contributed by atoms with Gasteiger partial charge in [0.2, 0.25) is 0 Å². The minimum Gasteiger partial charge on any atom is -0.334 e. The van der Waals surface area contributed by atoms with E-state index in [0.29, 0.717) is 13.1 Å². The Balaban J connectivity index is 2.03. The van der Waals surface area contributed by atoms with Gasteiger partial charge in [-0.25, -0.2) is 0 Å². The highest BCUT2D eigenvalue weighted by atomic mass is 19.4. The van der Waals surface area contributed by atoms with Crippen molar-refractivity contribution in [3.05, 3.63) is 29.8 Å². The zero-order chi connectivity index (χ0) is 16.2. The van der Waals surface area contributed by atoms with Gasteiger partial charge in [-0.3, -0.25) is 9.59 Å². The average Bonchev–Trinajstić information content (AvgIpc) is 2.75. The number of hydrogen-bond donors (Lipinski definition) is 1. The molecule has 0 unspecified atom stereocenters. The van der Waals surface area contributed by atoms with Crippen LogP contribution in [0.5, 0.6) is 0 Å². The highest BCUT2D eigenvalue weighted by molar-refractivity contribution is 6.39. The van der Waals surface area contributed by atoms with E-state index in [9.17, 15) is 22.8 Å². The Kier molecular flexibility index (Phi) is 5.05. The van der Waals surface area contributed by atoms with E-state index in [1.807, 2.05) is 0 Å². The van der Waals surface area contributed by atoms with Crippen molar-refractivity contribution in [2.75, 3.05) is 18.4 Å². The van der Waals surface area contributed by atoms with Crippen LogP contribution in [-0.4, -0.2) is 29.8 Å². The average molecular weight is 314 g/mol. The SMILES string of the molecule is O=C(Nc1cccc(C(F)(F)F)c1)C(=O)N1CCCCCC1. The second-order valence-corrected chi connectivity index (χ2v) is 5.24. The third-order valence-corrected chi connectivity index (χ3v) is 3.54. The molecule has 4 nitrogen and oxygen atoms in total. The first-order valence-corrected chi connectivity index (χ1v) is 7.15. The first kappa shape index (κ1) is 16.3. The van der Waals surface area contributed by atoms with Gasteiger partial charge in [-0.1, -0.05) is 18.9 Å². The Morgan fingerprint density at radius 3 is 2.27 bits per heavy atom. The maximum Gasteiger partial charge on any atom is 0.416 e. The number of amides is 2. The first-order chi connectivity index (χ1) is 10.4. The fourth-order valence-electron chi connectivity index (χ4n) is 2.38. The summed E-state index contributed by atoms with van der Waals surface area (Å²) in [7, 11) is 0. The van der Waals surface area contributed by atoms with E-state index < -0.39 is 23.6 Å². The molecular formula is C15H17F3N2O2. The topological polar surface area (TPSA) is 49.4 Å². The van der Waals surface area contributed by atoms with E-state index >= 15 is 0 Å². The number of carbonyl (C=O) groups is 2. The van der Waals surface area contributed by atoms with E-state index in [0.717, 1.165) is 37.8 Å². The molecule has 1 aliphatic heterocycles. The summed E-state index contributed by atoms with van der Waals surface area (Å²) < 4.78 is 37.8. The Labute approximate surface area is 126 Å². The summed E-state index contributed by atoms with van der Waals surface area (Å²) in [6, 6.07) is 4.23. The van der Waals surface area contributed by atoms with Crippen molar-refractivity contribution in [2.24, 2.45) is 0 Å². The molecule has 1 heterocycles. The van der Waals surface area contributed by atoms with Crippen LogP contribution < -0.4 is 5.32 Å². The first-order valence-electron chi connectivity index (χ1n) is 7.15. The molecule has 0 aliphatic carbocycles. The molecule has 0 radical (unpaired) electrons. The van der Waals surface area contributed by atoms with Crippen LogP contribution in [0.1, 0.15) is 31.2 Å². The molecule has 0 bridgehead atoms. The molecule has 0 aromatic heterocycles. The van der Waals surface area contributed by atoms with Gasteiger partial charge in [0.25, 0.3) is 0 Å². The van der Waals surface area contributed by atoms with Crippen molar-refractivity contribution >= 4 is 17.5 Å². The van der Waals surface area contributed by atoms with Crippen molar-refractivity contribution in [3.63, 3.8) is 0 Å². The predicted octanol–water partition coefficient (Wildman–Crippen LogP) is 3.05. The summed E-state index contributed by atoms with van der Waals surface area (Å²) in [6.07, 6.45) is -0.793. The molecule has 1 N–H and O–H groups in total. The van der Waals surface area contributed by atoms with Gasteiger partial charge in [0.05, 0.1) is 5.56 Å². The van der Waals surface area contributed by atoms with Crippen LogP contribution in [0.2, 0.25) is 0 Å². The van der Waals surface area contributed by atoms with Gasteiger partial charge in [-0.2, -0.15) is 13.2 Å². The van der Waals surface area contributed by atoms with E-state index in [-0.39, 0.29) is 5.69 Å². The number of hydrogen-bond acceptors (Lipinski definition) is 2. The Hall–Kier alpha value is -2.05. The van der Waals surface area contributed by atoms with Gasteiger partial charge in [0.1, 0.15) is 0 Å². The molecule has 1 aromatic carbocycles. The summed E-state index contributed by atoms with van der Waals surface area (Å²) in [5.41, 5.74) is -0.907. The smallest absolute Gasteiger partial charge is 0.334 e. The number of alkyl halides is 3. The minimum absolute atomic E-state index is 0.0389. The minimum atomic E-state index is -4.49. The van der Waals surface area contributed by atoms with Gasteiger partial charge in [-0.15, -0.1) is 0 Å². The van der Waals surface area contributed by atoms with E-state index in [1.54, 1.807) is 0 Å². The van der Waals surface area contributed by atoms with Crippen LogP contribution in [0.4, 0.5) is 18.9 Å². The summed E-state index contributed by atoms with van der Waals surface area (Å²) >= 11 is 0. The van der Waals surface area contributed by atoms with Gasteiger partial charge < -0.3 is 10.2 Å². The molecule has 0 atom stereocenters. The van der Waals surface area contributed by atoms with Crippen LogP contribution in [0.3, 0.4) is 0 Å². The molecule has 1 fully saturated rings. The number of nitrogens with one attached hydrogen (secondary N) is 1. The second-order valence-electron chi connectivity index (χ2n) is 5.24. The molecule has 120 valence electrons. The molecule has 1 saturated heterocycles. The summed E-state index contributed by atoms with van der Waals surface area (Å²) in [6.45, 7) is 1.02. The van der Waals surface area contributed by atoms with E-state index in [4.69, 9.17) is 0 Å². The molecule has 0 saturated carbocycles. The number of halogens is 3. The summed E-state index contributed by atoms with van der Waals surface area (Å²) in [5, 5.41) is 2.24. The number of nitrogens with zero attached hydrogens (tertiary/aromatic N) is 1. The van der Waals surface area contributed by atoms with Crippen molar-refractivity contribution in [1.29, 1.82) is 0 Å². The quantitative estimate of drug-likeness (QED) is 0.810. The highest BCUT2D eigenvalue weighted by Crippen LogP contribution is 2.30. The lowest BCUT2D eigenvalue weighted by Gasteiger charge is -2.19. The molecule has 0 spiro atoms. The van der Waals surface area contributed by atoms with Gasteiger partial charge in [0, 0.05) is 18.8 Å². The van der Waals surface area contributed by atoms with Crippen LogP contribution in [0, 0.1) is 0 Å². The fourth-order valence-corrected chi connectivity index (χ4v) is 2.38. The fraction of sp³-hybridized carbons (Fsp3) is 0.467. The lowest BCUT2D eigenvalue weighted by atomic mass is 10.2. The van der Waals surface area contributed by atoms with Gasteiger partial charge in [0.15, 0.2) is 0 Å². The van der Waals surface area contributed by atoms with Gasteiger partial charge >= 0.3 is 18.0 Å². The van der Waals surface area contributed by atoms with Crippen LogP contribution in [0.15, 0.2) is 24.3 Å². The van der Waals surface area contributed by atoms with Crippen LogP contribution >= 0.6 is 0 Å². The predicted molar refractivity (Wildman–Crippen MR) is 75.1 cm³/mol.